The molecule has 0 bridgehead atoms. The van der Waals surface area contributed by atoms with Gasteiger partial charge in [-0.3, -0.25) is 0 Å². The predicted molar refractivity (Wildman–Crippen MR) is 101 cm³/mol. The maximum absolute atomic E-state index is 9.74. The zero-order valence-electron chi connectivity index (χ0n) is 15.0. The molecular weight excluding hydrogens is 368 g/mol. The first-order valence-corrected chi connectivity index (χ1v) is 8.70. The number of methoxy groups -OCH3 is 1. The van der Waals surface area contributed by atoms with E-state index in [1.165, 1.54) is 7.11 Å². The Kier molecular flexibility index (Phi) is 4.47. The second-order valence-corrected chi connectivity index (χ2v) is 6.71. The lowest BCUT2D eigenvalue weighted by Gasteiger charge is -2.09. The minimum atomic E-state index is -1.04. The summed E-state index contributed by atoms with van der Waals surface area (Å²) in [6.07, 6.45) is -1.04. The number of furan rings is 1. The fourth-order valence-electron chi connectivity index (χ4n) is 2.93. The van der Waals surface area contributed by atoms with E-state index in [9.17, 15) is 5.11 Å². The average Bonchev–Trinajstić information content (AvgIpc) is 3.31. The molecule has 2 aromatic carbocycles. The Morgan fingerprint density at radius 1 is 1.11 bits per heavy atom. The number of aliphatic hydroxyl groups is 1. The van der Waals surface area contributed by atoms with Crippen LogP contribution in [0.4, 0.5) is 0 Å². The average molecular weight is 385 g/mol. The van der Waals surface area contributed by atoms with Crippen LogP contribution in [0.5, 0.6) is 0 Å². The Labute approximate surface area is 160 Å². The van der Waals surface area contributed by atoms with Crippen LogP contribution in [0.15, 0.2) is 45.3 Å². The summed E-state index contributed by atoms with van der Waals surface area (Å²) in [5.41, 5.74) is 4.08. The van der Waals surface area contributed by atoms with Gasteiger partial charge in [-0.05, 0) is 43.2 Å². The summed E-state index contributed by atoms with van der Waals surface area (Å²) < 4.78 is 16.2. The number of halogens is 1. The summed E-state index contributed by atoms with van der Waals surface area (Å²) in [5.74, 6) is 1.11. The molecule has 4 rings (SSSR count). The van der Waals surface area contributed by atoms with Crippen molar-refractivity contribution in [2.24, 2.45) is 0 Å². The maximum Gasteiger partial charge on any atom is 0.293 e. The fourth-order valence-corrected chi connectivity index (χ4v) is 3.21. The quantitative estimate of drug-likeness (QED) is 0.495. The second kappa shape index (κ2) is 6.81. The van der Waals surface area contributed by atoms with Gasteiger partial charge in [0.2, 0.25) is 5.82 Å². The molecule has 0 aliphatic rings. The molecule has 2 heterocycles. The summed E-state index contributed by atoms with van der Waals surface area (Å²) in [4.78, 5) is 4.41. The topological polar surface area (TPSA) is 81.5 Å². The minimum absolute atomic E-state index is 0.275. The molecular formula is C20H17ClN2O4. The summed E-state index contributed by atoms with van der Waals surface area (Å²) in [6, 6.07) is 11.0. The van der Waals surface area contributed by atoms with Crippen molar-refractivity contribution >= 4 is 22.6 Å². The highest BCUT2D eigenvalue weighted by Crippen LogP contribution is 2.33. The van der Waals surface area contributed by atoms with Gasteiger partial charge in [0.1, 0.15) is 5.58 Å². The lowest BCUT2D eigenvalue weighted by atomic mass is 10.1. The van der Waals surface area contributed by atoms with Crippen molar-refractivity contribution in [3.63, 3.8) is 0 Å². The lowest BCUT2D eigenvalue weighted by Crippen LogP contribution is -1.99. The van der Waals surface area contributed by atoms with E-state index in [-0.39, 0.29) is 5.89 Å². The molecule has 138 valence electrons. The standard InChI is InChI=1S/C20H17ClN2O4/c1-10-4-5-11(2)17-14(10)9-16(26-17)19-22-18(23-27-19)13-7-6-12(8-15(13)21)20(24)25-3/h4-9,20,24H,1-3H3. The van der Waals surface area contributed by atoms with Crippen LogP contribution in [-0.4, -0.2) is 22.4 Å². The largest absolute Gasteiger partial charge is 0.451 e. The highest BCUT2D eigenvalue weighted by atomic mass is 35.5. The van der Waals surface area contributed by atoms with Crippen molar-refractivity contribution in [3.05, 3.63) is 58.1 Å². The molecule has 4 aromatic rings. The van der Waals surface area contributed by atoms with Gasteiger partial charge >= 0.3 is 0 Å². The first-order chi connectivity index (χ1) is 13.0. The van der Waals surface area contributed by atoms with Crippen LogP contribution in [0.1, 0.15) is 23.0 Å². The van der Waals surface area contributed by atoms with Crippen LogP contribution >= 0.6 is 11.6 Å². The minimum Gasteiger partial charge on any atom is -0.451 e. The van der Waals surface area contributed by atoms with E-state index in [4.69, 9.17) is 25.3 Å². The van der Waals surface area contributed by atoms with Gasteiger partial charge in [0.25, 0.3) is 5.89 Å². The van der Waals surface area contributed by atoms with Crippen molar-refractivity contribution in [1.29, 1.82) is 0 Å². The number of hydrogen-bond acceptors (Lipinski definition) is 6. The molecule has 0 amide bonds. The number of ether oxygens (including phenoxy) is 1. The van der Waals surface area contributed by atoms with Crippen LogP contribution < -0.4 is 0 Å². The molecule has 0 fully saturated rings. The van der Waals surface area contributed by atoms with Crippen LogP contribution in [0.25, 0.3) is 34.0 Å². The Morgan fingerprint density at radius 2 is 1.89 bits per heavy atom. The number of hydrogen-bond donors (Lipinski definition) is 1. The normalized spacial score (nSPS) is 12.6. The molecule has 0 radical (unpaired) electrons. The lowest BCUT2D eigenvalue weighted by molar-refractivity contribution is -0.0769. The van der Waals surface area contributed by atoms with E-state index in [0.29, 0.717) is 27.7 Å². The van der Waals surface area contributed by atoms with Crippen LogP contribution in [0.3, 0.4) is 0 Å². The zero-order valence-corrected chi connectivity index (χ0v) is 15.7. The Hall–Kier alpha value is -2.67. The summed E-state index contributed by atoms with van der Waals surface area (Å²) in [5, 5.41) is 15.1. The molecule has 1 unspecified atom stereocenters. The van der Waals surface area contributed by atoms with Gasteiger partial charge in [0.05, 0.1) is 5.02 Å². The SMILES string of the molecule is COC(O)c1ccc(-c2noc(-c3cc4c(C)ccc(C)c4o3)n2)c(Cl)c1. The highest BCUT2D eigenvalue weighted by Gasteiger charge is 2.19. The molecule has 0 saturated carbocycles. The van der Waals surface area contributed by atoms with Gasteiger partial charge in [-0.25, -0.2) is 0 Å². The first-order valence-electron chi connectivity index (χ1n) is 8.32. The van der Waals surface area contributed by atoms with E-state index in [2.05, 4.69) is 10.1 Å². The summed E-state index contributed by atoms with van der Waals surface area (Å²) in [7, 11) is 1.41. The predicted octanol–water partition coefficient (Wildman–Crippen LogP) is 5.06. The Morgan fingerprint density at radius 3 is 2.59 bits per heavy atom. The van der Waals surface area contributed by atoms with E-state index in [1.54, 1.807) is 18.2 Å². The molecule has 0 aliphatic carbocycles. The smallest absolute Gasteiger partial charge is 0.293 e. The molecule has 1 N–H and O–H groups in total. The van der Waals surface area contributed by atoms with Crippen LogP contribution in [0.2, 0.25) is 5.02 Å². The van der Waals surface area contributed by atoms with E-state index in [0.717, 1.165) is 22.1 Å². The number of aryl methyl sites for hydroxylation is 2. The monoisotopic (exact) mass is 384 g/mol. The van der Waals surface area contributed by atoms with E-state index >= 15 is 0 Å². The fraction of sp³-hybridized carbons (Fsp3) is 0.200. The number of fused-ring (bicyclic) bond motifs is 1. The summed E-state index contributed by atoms with van der Waals surface area (Å²) >= 11 is 6.31. The number of benzene rings is 2. The second-order valence-electron chi connectivity index (χ2n) is 6.30. The first kappa shape index (κ1) is 17.7. The Bertz CT molecular complexity index is 1090. The van der Waals surface area contributed by atoms with Gasteiger partial charge in [-0.1, -0.05) is 35.0 Å². The third kappa shape index (κ3) is 3.12. The van der Waals surface area contributed by atoms with Crippen LogP contribution in [0, 0.1) is 13.8 Å². The zero-order chi connectivity index (χ0) is 19.1. The maximum atomic E-state index is 9.74. The van der Waals surface area contributed by atoms with E-state index < -0.39 is 6.29 Å². The molecule has 2 aromatic heterocycles. The Balaban J connectivity index is 1.72. The molecule has 6 nitrogen and oxygen atoms in total. The van der Waals surface area contributed by atoms with Gasteiger partial charge in [-0.2, -0.15) is 4.98 Å². The van der Waals surface area contributed by atoms with Crippen molar-refractivity contribution in [1.82, 2.24) is 10.1 Å². The van der Waals surface area contributed by atoms with Gasteiger partial charge < -0.3 is 18.8 Å². The third-order valence-corrected chi connectivity index (χ3v) is 4.79. The number of aromatic nitrogens is 2. The van der Waals surface area contributed by atoms with Gasteiger partial charge in [0, 0.05) is 23.6 Å². The third-order valence-electron chi connectivity index (χ3n) is 4.48. The van der Waals surface area contributed by atoms with Gasteiger partial charge in [-0.15, -0.1) is 0 Å². The molecule has 7 heteroatoms. The van der Waals surface area contributed by atoms with Crippen molar-refractivity contribution in [2.75, 3.05) is 7.11 Å². The van der Waals surface area contributed by atoms with Crippen molar-refractivity contribution in [3.8, 4) is 23.0 Å². The molecule has 0 saturated heterocycles. The highest BCUT2D eigenvalue weighted by molar-refractivity contribution is 6.33. The molecule has 0 aliphatic heterocycles. The van der Waals surface area contributed by atoms with Crippen LogP contribution in [-0.2, 0) is 4.74 Å². The number of aliphatic hydroxyl groups excluding tert-OH is 1. The molecule has 1 atom stereocenters. The summed E-state index contributed by atoms with van der Waals surface area (Å²) in [6.45, 7) is 4.01. The molecule has 0 spiro atoms. The van der Waals surface area contributed by atoms with E-state index in [1.807, 2.05) is 32.0 Å². The van der Waals surface area contributed by atoms with Crippen molar-refractivity contribution in [2.45, 2.75) is 20.1 Å². The van der Waals surface area contributed by atoms with Crippen molar-refractivity contribution < 1.29 is 18.8 Å². The number of nitrogens with zero attached hydrogens (tertiary/aromatic N) is 2. The molecule has 27 heavy (non-hydrogen) atoms. The number of rotatable bonds is 4. The van der Waals surface area contributed by atoms with Gasteiger partial charge in [0.15, 0.2) is 12.1 Å².